The van der Waals surface area contributed by atoms with Crippen molar-refractivity contribution in [2.75, 3.05) is 18.6 Å². The van der Waals surface area contributed by atoms with Gasteiger partial charge >= 0.3 is 6.18 Å². The van der Waals surface area contributed by atoms with Gasteiger partial charge in [0, 0.05) is 18.3 Å². The SMILES string of the molecule is Fc1cc(CN2CCC(C3NNn4cnc5nccc-5c43)CC2)ccc1C(F)(F)F. The molecule has 2 N–H and O–H groups in total. The van der Waals surface area contributed by atoms with Gasteiger partial charge in [-0.2, -0.15) is 13.2 Å². The second kappa shape index (κ2) is 7.21. The van der Waals surface area contributed by atoms with E-state index in [1.54, 1.807) is 12.5 Å². The van der Waals surface area contributed by atoms with Crippen molar-refractivity contribution in [3.8, 4) is 11.4 Å². The summed E-state index contributed by atoms with van der Waals surface area (Å²) in [6, 6.07) is 5.26. The summed E-state index contributed by atoms with van der Waals surface area (Å²) in [4.78, 5) is 10.7. The lowest BCUT2D eigenvalue weighted by Gasteiger charge is -2.34. The topological polar surface area (TPSA) is 58.0 Å². The first-order valence-electron chi connectivity index (χ1n) is 9.81. The molecule has 30 heavy (non-hydrogen) atoms. The summed E-state index contributed by atoms with van der Waals surface area (Å²) in [6.07, 6.45) is 0.627. The monoisotopic (exact) mass is 420 g/mol. The van der Waals surface area contributed by atoms with E-state index in [0.717, 1.165) is 55.1 Å². The standard InChI is InChI=1S/C20H20F4N6/c21-16-9-12(1-2-15(16)20(22,23)24)10-29-7-4-13(5-8-29)17-18-14-3-6-25-19(14)26-11-30(18)28-27-17/h1-3,6,9,11,13,17,27-28H,4-5,7-8,10H2. The number of hydrazine groups is 1. The van der Waals surface area contributed by atoms with E-state index in [0.29, 0.717) is 18.0 Å². The molecule has 4 heterocycles. The van der Waals surface area contributed by atoms with Crippen molar-refractivity contribution in [3.05, 3.63) is 59.4 Å². The van der Waals surface area contributed by atoms with Gasteiger partial charge < -0.3 is 0 Å². The van der Waals surface area contributed by atoms with Gasteiger partial charge in [-0.1, -0.05) is 6.07 Å². The Morgan fingerprint density at radius 2 is 1.90 bits per heavy atom. The van der Waals surface area contributed by atoms with Crippen LogP contribution in [0.3, 0.4) is 0 Å². The van der Waals surface area contributed by atoms with Crippen molar-refractivity contribution < 1.29 is 17.6 Å². The normalized spacial score (nSPS) is 20.5. The number of fused-ring (bicyclic) bond motifs is 3. The average molecular weight is 420 g/mol. The van der Waals surface area contributed by atoms with Gasteiger partial charge in [-0.25, -0.2) is 24.5 Å². The summed E-state index contributed by atoms with van der Waals surface area (Å²) in [7, 11) is 0. The molecule has 1 atom stereocenters. The fraction of sp³-hybridized carbons (Fsp3) is 0.400. The predicted octanol–water partition coefficient (Wildman–Crippen LogP) is 3.56. The number of benzene rings is 1. The Morgan fingerprint density at radius 3 is 2.63 bits per heavy atom. The second-order valence-electron chi connectivity index (χ2n) is 7.84. The lowest BCUT2D eigenvalue weighted by molar-refractivity contribution is -0.140. The van der Waals surface area contributed by atoms with Crippen LogP contribution in [0.5, 0.6) is 0 Å². The van der Waals surface area contributed by atoms with Gasteiger partial charge in [0.05, 0.1) is 17.3 Å². The molecular weight excluding hydrogens is 400 g/mol. The van der Waals surface area contributed by atoms with Crippen LogP contribution >= 0.6 is 0 Å². The molecule has 158 valence electrons. The van der Waals surface area contributed by atoms with E-state index in [9.17, 15) is 17.6 Å². The fourth-order valence-corrected chi connectivity index (χ4v) is 4.48. The van der Waals surface area contributed by atoms with Crippen molar-refractivity contribution in [3.63, 3.8) is 0 Å². The number of hydrogen-bond acceptors (Lipinski definition) is 5. The molecule has 0 amide bonds. The molecule has 1 aromatic carbocycles. The van der Waals surface area contributed by atoms with Gasteiger partial charge in [0.1, 0.15) is 12.1 Å². The summed E-state index contributed by atoms with van der Waals surface area (Å²) in [5.74, 6) is -0.114. The number of rotatable bonds is 3. The highest BCUT2D eigenvalue weighted by Gasteiger charge is 2.36. The molecule has 1 fully saturated rings. The molecule has 6 nitrogen and oxygen atoms in total. The Kier molecular flexibility index (Phi) is 4.62. The maximum Gasteiger partial charge on any atom is 0.419 e. The minimum atomic E-state index is -4.67. The largest absolute Gasteiger partial charge is 0.419 e. The van der Waals surface area contributed by atoms with Gasteiger partial charge in [0.15, 0.2) is 5.82 Å². The van der Waals surface area contributed by atoms with Gasteiger partial charge in [0.2, 0.25) is 0 Å². The molecule has 0 aromatic heterocycles. The lowest BCUT2D eigenvalue weighted by Crippen LogP contribution is -2.38. The third kappa shape index (κ3) is 3.39. The number of hydrogen-bond donors (Lipinski definition) is 2. The van der Waals surface area contributed by atoms with Crippen LogP contribution in [0.1, 0.15) is 35.7 Å². The molecule has 1 saturated heterocycles. The number of aromatic nitrogens is 3. The second-order valence-corrected chi connectivity index (χ2v) is 7.84. The third-order valence-corrected chi connectivity index (χ3v) is 5.99. The van der Waals surface area contributed by atoms with Crippen molar-refractivity contribution in [2.45, 2.75) is 31.6 Å². The quantitative estimate of drug-likeness (QED) is 0.635. The van der Waals surface area contributed by atoms with Crippen LogP contribution in [-0.4, -0.2) is 32.6 Å². The van der Waals surface area contributed by atoms with Crippen LogP contribution in [0, 0.1) is 11.7 Å². The van der Waals surface area contributed by atoms with Gasteiger partial charge in [-0.15, -0.1) is 0 Å². The number of nitrogens with one attached hydrogen (secondary N) is 2. The predicted molar refractivity (Wildman–Crippen MR) is 101 cm³/mol. The first kappa shape index (κ1) is 19.3. The van der Waals surface area contributed by atoms with Crippen molar-refractivity contribution in [1.82, 2.24) is 25.0 Å². The molecule has 1 unspecified atom stereocenters. The van der Waals surface area contributed by atoms with E-state index in [2.05, 4.69) is 25.8 Å². The number of nitrogens with zero attached hydrogens (tertiary/aromatic N) is 4. The molecule has 4 aliphatic rings. The minimum absolute atomic E-state index is 0.116. The van der Waals surface area contributed by atoms with E-state index >= 15 is 0 Å². The lowest BCUT2D eigenvalue weighted by atomic mass is 9.86. The minimum Gasteiger partial charge on any atom is -0.299 e. The Hall–Kier alpha value is -2.72. The summed E-state index contributed by atoms with van der Waals surface area (Å²) in [5.41, 5.74) is 7.93. The molecule has 1 aromatic rings. The molecule has 0 spiro atoms. The zero-order valence-corrected chi connectivity index (χ0v) is 16.0. The van der Waals surface area contributed by atoms with Crippen LogP contribution < -0.4 is 11.0 Å². The van der Waals surface area contributed by atoms with Gasteiger partial charge in [-0.05, 0) is 55.6 Å². The number of halogens is 4. The summed E-state index contributed by atoms with van der Waals surface area (Å²) in [6.45, 7) is 2.02. The van der Waals surface area contributed by atoms with E-state index < -0.39 is 17.6 Å². The van der Waals surface area contributed by atoms with Gasteiger partial charge in [0.25, 0.3) is 0 Å². The van der Waals surface area contributed by atoms with Crippen molar-refractivity contribution in [1.29, 1.82) is 0 Å². The van der Waals surface area contributed by atoms with Crippen LogP contribution in [-0.2, 0) is 12.7 Å². The molecule has 5 rings (SSSR count). The fourth-order valence-electron chi connectivity index (χ4n) is 4.48. The average Bonchev–Trinajstić information content (AvgIpc) is 3.34. The van der Waals surface area contributed by atoms with E-state index in [-0.39, 0.29) is 6.04 Å². The van der Waals surface area contributed by atoms with Crippen LogP contribution in [0.15, 0.2) is 36.8 Å². The molecule has 10 heteroatoms. The smallest absolute Gasteiger partial charge is 0.299 e. The van der Waals surface area contributed by atoms with Crippen molar-refractivity contribution in [2.24, 2.45) is 5.92 Å². The van der Waals surface area contributed by atoms with E-state index in [4.69, 9.17) is 0 Å². The number of alkyl halides is 3. The van der Waals surface area contributed by atoms with Crippen molar-refractivity contribution >= 4 is 0 Å². The maximum absolute atomic E-state index is 13.8. The summed E-state index contributed by atoms with van der Waals surface area (Å²) in [5, 5.41) is 0. The van der Waals surface area contributed by atoms with Gasteiger partial charge in [-0.3, -0.25) is 10.4 Å². The summed E-state index contributed by atoms with van der Waals surface area (Å²) >= 11 is 0. The van der Waals surface area contributed by atoms with Crippen LogP contribution in [0.25, 0.3) is 11.4 Å². The Balaban J connectivity index is 1.24. The first-order chi connectivity index (χ1) is 14.4. The van der Waals surface area contributed by atoms with E-state index in [1.165, 1.54) is 6.07 Å². The van der Waals surface area contributed by atoms with Crippen LogP contribution in [0.2, 0.25) is 0 Å². The molecule has 0 saturated carbocycles. The zero-order valence-electron chi connectivity index (χ0n) is 16.0. The molecular formula is C20H20F4N6. The third-order valence-electron chi connectivity index (χ3n) is 5.99. The Bertz CT molecular complexity index is 1020. The Labute approximate surface area is 170 Å². The van der Waals surface area contributed by atoms with Crippen LogP contribution in [0.4, 0.5) is 17.6 Å². The first-order valence-corrected chi connectivity index (χ1v) is 9.81. The molecule has 4 aliphatic heterocycles. The summed E-state index contributed by atoms with van der Waals surface area (Å²) < 4.78 is 53.9. The van der Waals surface area contributed by atoms with E-state index in [1.807, 2.05) is 10.7 Å². The zero-order chi connectivity index (χ0) is 20.9. The molecule has 0 bridgehead atoms. The maximum atomic E-state index is 13.8. The Morgan fingerprint density at radius 1 is 1.10 bits per heavy atom. The number of likely N-dealkylation sites (tertiary alicyclic amines) is 1. The number of piperidine rings is 1. The molecule has 0 aliphatic carbocycles. The molecule has 0 radical (unpaired) electrons. The highest BCUT2D eigenvalue weighted by Crippen LogP contribution is 2.38. The highest BCUT2D eigenvalue weighted by atomic mass is 19.4. The highest BCUT2D eigenvalue weighted by molar-refractivity contribution is 5.61.